The number of ether oxygens (including phenoxy) is 2. The minimum absolute atomic E-state index is 0.00282. The lowest BCUT2D eigenvalue weighted by Crippen LogP contribution is -2.11. The highest BCUT2D eigenvalue weighted by Gasteiger charge is 2.15. The second-order valence-corrected chi connectivity index (χ2v) is 6.03. The Labute approximate surface area is 167 Å². The van der Waals surface area contributed by atoms with Crippen LogP contribution in [0.25, 0.3) is 0 Å². The minimum atomic E-state index is -0.727. The first-order valence-corrected chi connectivity index (χ1v) is 8.89. The molecule has 0 amide bonds. The molecule has 1 heterocycles. The maximum Gasteiger partial charge on any atom is 0.342 e. The van der Waals surface area contributed by atoms with Crippen LogP contribution in [0.5, 0.6) is 11.5 Å². The molecule has 0 unspecified atom stereocenters. The molecule has 0 aliphatic heterocycles. The van der Waals surface area contributed by atoms with Gasteiger partial charge in [0.2, 0.25) is 11.9 Å². The number of para-hydroxylation sites is 1. The number of aromatic nitrogens is 3. The average molecular weight is 395 g/mol. The van der Waals surface area contributed by atoms with Gasteiger partial charge in [-0.25, -0.2) is 4.79 Å². The van der Waals surface area contributed by atoms with E-state index in [0.717, 1.165) is 17.7 Å². The molecule has 3 rings (SSSR count). The van der Waals surface area contributed by atoms with Crippen LogP contribution in [0.3, 0.4) is 0 Å². The third kappa shape index (κ3) is 4.89. The van der Waals surface area contributed by atoms with Gasteiger partial charge in [0, 0.05) is 11.8 Å². The SMILES string of the molecule is CCc1ccccc1Nc1nc(N)nc(COC(=O)c2ccc(OC)cc2O)n1. The Bertz CT molecular complexity index is 1030. The number of hydrogen-bond acceptors (Lipinski definition) is 9. The number of aryl methyl sites for hydroxylation is 1. The summed E-state index contributed by atoms with van der Waals surface area (Å²) >= 11 is 0. The smallest absolute Gasteiger partial charge is 0.342 e. The topological polar surface area (TPSA) is 132 Å². The largest absolute Gasteiger partial charge is 0.507 e. The molecule has 1 aromatic heterocycles. The molecule has 0 aliphatic carbocycles. The van der Waals surface area contributed by atoms with E-state index in [-0.39, 0.29) is 35.6 Å². The molecule has 4 N–H and O–H groups in total. The molecule has 0 saturated carbocycles. The highest BCUT2D eigenvalue weighted by Crippen LogP contribution is 2.24. The molecule has 29 heavy (non-hydrogen) atoms. The van der Waals surface area contributed by atoms with E-state index in [1.54, 1.807) is 6.07 Å². The van der Waals surface area contributed by atoms with Crippen molar-refractivity contribution in [1.29, 1.82) is 0 Å². The van der Waals surface area contributed by atoms with Crippen molar-refractivity contribution in [2.75, 3.05) is 18.2 Å². The molecule has 9 heteroatoms. The van der Waals surface area contributed by atoms with Gasteiger partial charge in [0.1, 0.15) is 17.1 Å². The van der Waals surface area contributed by atoms with Gasteiger partial charge >= 0.3 is 5.97 Å². The van der Waals surface area contributed by atoms with E-state index < -0.39 is 5.97 Å². The Kier molecular flexibility index (Phi) is 6.08. The summed E-state index contributed by atoms with van der Waals surface area (Å²) in [6, 6.07) is 12.0. The molecule has 0 spiro atoms. The van der Waals surface area contributed by atoms with E-state index >= 15 is 0 Å². The number of carbonyl (C=O) groups excluding carboxylic acids is 1. The van der Waals surface area contributed by atoms with Crippen LogP contribution in [0.2, 0.25) is 0 Å². The van der Waals surface area contributed by atoms with Gasteiger partial charge in [-0.05, 0) is 30.2 Å². The van der Waals surface area contributed by atoms with Crippen molar-refractivity contribution in [3.8, 4) is 11.5 Å². The highest BCUT2D eigenvalue weighted by molar-refractivity contribution is 5.92. The first kappa shape index (κ1) is 19.9. The van der Waals surface area contributed by atoms with E-state index in [4.69, 9.17) is 15.2 Å². The van der Waals surface area contributed by atoms with Crippen LogP contribution >= 0.6 is 0 Å². The quantitative estimate of drug-likeness (QED) is 0.516. The molecule has 0 atom stereocenters. The maximum absolute atomic E-state index is 12.2. The number of carbonyl (C=O) groups is 1. The number of nitrogens with one attached hydrogen (secondary N) is 1. The Morgan fingerprint density at radius 2 is 1.97 bits per heavy atom. The molecule has 3 aromatic rings. The van der Waals surface area contributed by atoms with Crippen LogP contribution in [-0.4, -0.2) is 33.1 Å². The van der Waals surface area contributed by atoms with Gasteiger partial charge in [0.05, 0.1) is 7.11 Å². The fourth-order valence-corrected chi connectivity index (χ4v) is 2.65. The lowest BCUT2D eigenvalue weighted by molar-refractivity contribution is 0.0459. The number of anilines is 3. The summed E-state index contributed by atoms with van der Waals surface area (Å²) in [5.74, 6) is -0.132. The second-order valence-electron chi connectivity index (χ2n) is 6.03. The Morgan fingerprint density at radius 1 is 1.17 bits per heavy atom. The highest BCUT2D eigenvalue weighted by atomic mass is 16.5. The van der Waals surface area contributed by atoms with Gasteiger partial charge in [-0.1, -0.05) is 25.1 Å². The standard InChI is InChI=1S/C20H21N5O4/c1-3-12-6-4-5-7-15(12)22-20-24-17(23-19(21)25-20)11-29-18(27)14-9-8-13(28-2)10-16(14)26/h4-10,26H,3,11H2,1-2H3,(H3,21,22,23,24,25). The van der Waals surface area contributed by atoms with Crippen LogP contribution in [-0.2, 0) is 17.8 Å². The zero-order valence-electron chi connectivity index (χ0n) is 16.0. The number of rotatable bonds is 7. The molecule has 0 saturated heterocycles. The number of benzene rings is 2. The number of nitrogens with two attached hydrogens (primary N) is 1. The van der Waals surface area contributed by atoms with Crippen molar-refractivity contribution < 1.29 is 19.4 Å². The number of nitrogens with zero attached hydrogens (tertiary/aromatic N) is 3. The van der Waals surface area contributed by atoms with E-state index in [1.807, 2.05) is 31.2 Å². The molecular formula is C20H21N5O4. The van der Waals surface area contributed by atoms with Gasteiger partial charge < -0.3 is 25.6 Å². The molecule has 9 nitrogen and oxygen atoms in total. The van der Waals surface area contributed by atoms with Crippen molar-refractivity contribution in [1.82, 2.24) is 15.0 Å². The predicted octanol–water partition coefficient (Wildman–Crippen LogP) is 2.83. The van der Waals surface area contributed by atoms with Crippen molar-refractivity contribution in [3.63, 3.8) is 0 Å². The van der Waals surface area contributed by atoms with Crippen molar-refractivity contribution in [2.45, 2.75) is 20.0 Å². The first-order chi connectivity index (χ1) is 14.0. The lowest BCUT2D eigenvalue weighted by atomic mass is 10.1. The lowest BCUT2D eigenvalue weighted by Gasteiger charge is -2.11. The van der Waals surface area contributed by atoms with Crippen molar-refractivity contribution in [2.24, 2.45) is 0 Å². The second kappa shape index (κ2) is 8.87. The van der Waals surface area contributed by atoms with Gasteiger partial charge in [-0.15, -0.1) is 0 Å². The normalized spacial score (nSPS) is 10.4. The molecule has 0 aliphatic rings. The molecule has 0 radical (unpaired) electrons. The zero-order chi connectivity index (χ0) is 20.8. The first-order valence-electron chi connectivity index (χ1n) is 8.89. The Morgan fingerprint density at radius 3 is 2.69 bits per heavy atom. The third-order valence-corrected chi connectivity index (χ3v) is 4.10. The van der Waals surface area contributed by atoms with Crippen LogP contribution in [0, 0.1) is 0 Å². The summed E-state index contributed by atoms with van der Waals surface area (Å²) in [4.78, 5) is 24.6. The van der Waals surface area contributed by atoms with Crippen molar-refractivity contribution in [3.05, 3.63) is 59.4 Å². The molecular weight excluding hydrogens is 374 g/mol. The van der Waals surface area contributed by atoms with Gasteiger partial charge in [0.15, 0.2) is 12.4 Å². The zero-order valence-corrected chi connectivity index (χ0v) is 16.0. The van der Waals surface area contributed by atoms with Gasteiger partial charge in [-0.2, -0.15) is 15.0 Å². The maximum atomic E-state index is 12.2. The number of hydrogen-bond donors (Lipinski definition) is 3. The predicted molar refractivity (Wildman–Crippen MR) is 107 cm³/mol. The summed E-state index contributed by atoms with van der Waals surface area (Å²) in [6.45, 7) is 1.81. The number of esters is 1. The number of nitrogen functional groups attached to an aromatic ring is 1. The summed E-state index contributed by atoms with van der Waals surface area (Å²) in [6.07, 6.45) is 0.833. The Hall–Kier alpha value is -3.88. The Balaban J connectivity index is 1.72. The molecule has 0 fully saturated rings. The van der Waals surface area contributed by atoms with Crippen molar-refractivity contribution >= 4 is 23.6 Å². The summed E-state index contributed by atoms with van der Waals surface area (Å²) in [7, 11) is 1.46. The summed E-state index contributed by atoms with van der Waals surface area (Å²) in [5, 5.41) is 13.0. The van der Waals surface area contributed by atoms with E-state index in [2.05, 4.69) is 20.3 Å². The third-order valence-electron chi connectivity index (χ3n) is 4.10. The number of phenols is 1. The number of methoxy groups -OCH3 is 1. The minimum Gasteiger partial charge on any atom is -0.507 e. The van der Waals surface area contributed by atoms with Crippen LogP contribution < -0.4 is 15.8 Å². The number of phenolic OH excluding ortho intramolecular Hbond substituents is 1. The van der Waals surface area contributed by atoms with Crippen LogP contribution in [0.1, 0.15) is 28.7 Å². The molecule has 2 aromatic carbocycles. The molecule has 150 valence electrons. The van der Waals surface area contributed by atoms with E-state index in [1.165, 1.54) is 19.2 Å². The monoisotopic (exact) mass is 395 g/mol. The fourth-order valence-electron chi connectivity index (χ4n) is 2.65. The van der Waals surface area contributed by atoms with Gasteiger partial charge in [0.25, 0.3) is 0 Å². The average Bonchev–Trinajstić information content (AvgIpc) is 2.72. The summed E-state index contributed by atoms with van der Waals surface area (Å²) in [5.41, 5.74) is 7.71. The van der Waals surface area contributed by atoms with Crippen LogP contribution in [0.15, 0.2) is 42.5 Å². The summed E-state index contributed by atoms with van der Waals surface area (Å²) < 4.78 is 10.2. The molecule has 0 bridgehead atoms. The fraction of sp³-hybridized carbons (Fsp3) is 0.200. The van der Waals surface area contributed by atoms with Gasteiger partial charge in [-0.3, -0.25) is 0 Å². The van der Waals surface area contributed by atoms with E-state index in [0.29, 0.717) is 5.75 Å². The van der Waals surface area contributed by atoms with E-state index in [9.17, 15) is 9.90 Å². The number of aromatic hydroxyl groups is 1. The van der Waals surface area contributed by atoms with Crippen LogP contribution in [0.4, 0.5) is 17.6 Å².